The van der Waals surface area contributed by atoms with Crippen LogP contribution in [0, 0.1) is 5.92 Å². The lowest BCUT2D eigenvalue weighted by Gasteiger charge is -2.36. The number of halogens is 1. The maximum atomic E-state index is 11.8. The van der Waals surface area contributed by atoms with Gasteiger partial charge in [0, 0.05) is 0 Å². The van der Waals surface area contributed by atoms with E-state index >= 15 is 0 Å². The van der Waals surface area contributed by atoms with Crippen LogP contribution in [0.2, 0.25) is 0 Å². The summed E-state index contributed by atoms with van der Waals surface area (Å²) >= 11 is 0. The number of carbonyl (C=O) groups excluding carboxylic acids is 2. The van der Waals surface area contributed by atoms with Crippen molar-refractivity contribution in [3.05, 3.63) is 0 Å². The summed E-state index contributed by atoms with van der Waals surface area (Å²) in [7, 11) is 0. The van der Waals surface area contributed by atoms with Gasteiger partial charge in [-0.3, -0.25) is 10.1 Å². The zero-order chi connectivity index (χ0) is 10.9. The maximum Gasteiger partial charge on any atom is 0.322 e. The number of amides is 3. The second-order valence-corrected chi connectivity index (χ2v) is 4.26. The predicted molar refractivity (Wildman–Crippen MR) is 62.5 cm³/mol. The Morgan fingerprint density at radius 3 is 2.38 bits per heavy atom. The summed E-state index contributed by atoms with van der Waals surface area (Å²) in [4.78, 5) is 23.0. The molecule has 16 heavy (non-hydrogen) atoms. The molecule has 2 aliphatic heterocycles. The van der Waals surface area contributed by atoms with Crippen molar-refractivity contribution in [1.29, 1.82) is 0 Å². The predicted octanol–water partition coefficient (Wildman–Crippen LogP) is 0.396. The van der Waals surface area contributed by atoms with Crippen LogP contribution in [0.4, 0.5) is 4.79 Å². The highest BCUT2D eigenvalue weighted by molar-refractivity contribution is 6.07. The summed E-state index contributed by atoms with van der Waals surface area (Å²) < 4.78 is 0. The van der Waals surface area contributed by atoms with E-state index in [2.05, 4.69) is 16.0 Å². The summed E-state index contributed by atoms with van der Waals surface area (Å²) in [5.41, 5.74) is -0.654. The highest BCUT2D eigenvalue weighted by Crippen LogP contribution is 2.31. The Morgan fingerprint density at radius 2 is 1.94 bits per heavy atom. The van der Waals surface area contributed by atoms with E-state index in [0.29, 0.717) is 6.42 Å². The number of piperidine rings is 1. The number of urea groups is 1. The molecule has 0 aromatic heterocycles. The lowest BCUT2D eigenvalue weighted by molar-refractivity contribution is -0.126. The fourth-order valence-corrected chi connectivity index (χ4v) is 2.65. The van der Waals surface area contributed by atoms with Crippen molar-refractivity contribution < 1.29 is 9.59 Å². The molecule has 2 fully saturated rings. The van der Waals surface area contributed by atoms with Crippen molar-refractivity contribution in [2.45, 2.75) is 31.7 Å². The van der Waals surface area contributed by atoms with Gasteiger partial charge in [0.25, 0.3) is 5.91 Å². The molecule has 0 bridgehead atoms. The van der Waals surface area contributed by atoms with Crippen LogP contribution in [-0.2, 0) is 4.79 Å². The molecule has 0 aromatic rings. The topological polar surface area (TPSA) is 70.2 Å². The highest BCUT2D eigenvalue weighted by Gasteiger charge is 2.50. The molecule has 0 spiro atoms. The van der Waals surface area contributed by atoms with Crippen molar-refractivity contribution in [1.82, 2.24) is 16.0 Å². The van der Waals surface area contributed by atoms with Gasteiger partial charge in [0.1, 0.15) is 5.54 Å². The first-order chi connectivity index (χ1) is 7.19. The molecular weight excluding hydrogens is 230 g/mol. The molecule has 3 N–H and O–H groups in total. The standard InChI is InChI=1S/C10H17N3O2.ClH/c1-2-10(7-3-5-11-6-4-7)8(14)12-9(15)13-10;/h7,11H,2-6H2,1H3,(H2,12,13,14,15);1H. The van der Waals surface area contributed by atoms with Gasteiger partial charge < -0.3 is 10.6 Å². The van der Waals surface area contributed by atoms with Gasteiger partial charge in [-0.2, -0.15) is 0 Å². The first-order valence-electron chi connectivity index (χ1n) is 5.53. The Morgan fingerprint density at radius 1 is 1.31 bits per heavy atom. The van der Waals surface area contributed by atoms with Crippen LogP contribution in [0.25, 0.3) is 0 Å². The van der Waals surface area contributed by atoms with Crippen molar-refractivity contribution in [2.24, 2.45) is 5.92 Å². The summed E-state index contributed by atoms with van der Waals surface area (Å²) in [5.74, 6) is 0.108. The zero-order valence-corrected chi connectivity index (χ0v) is 10.2. The number of hydrogen-bond donors (Lipinski definition) is 3. The van der Waals surface area contributed by atoms with Crippen LogP contribution >= 0.6 is 12.4 Å². The average molecular weight is 248 g/mol. The maximum absolute atomic E-state index is 11.8. The third-order valence-corrected chi connectivity index (χ3v) is 3.56. The first kappa shape index (κ1) is 13.3. The molecule has 2 rings (SSSR count). The van der Waals surface area contributed by atoms with E-state index in [0.717, 1.165) is 25.9 Å². The van der Waals surface area contributed by atoms with Crippen LogP contribution in [0.5, 0.6) is 0 Å². The van der Waals surface area contributed by atoms with Crippen LogP contribution in [0.3, 0.4) is 0 Å². The minimum Gasteiger partial charge on any atom is -0.323 e. The monoisotopic (exact) mass is 247 g/mol. The lowest BCUT2D eigenvalue weighted by atomic mass is 9.76. The third-order valence-electron chi connectivity index (χ3n) is 3.56. The number of rotatable bonds is 2. The second-order valence-electron chi connectivity index (χ2n) is 4.26. The van der Waals surface area contributed by atoms with Gasteiger partial charge in [0.05, 0.1) is 0 Å². The zero-order valence-electron chi connectivity index (χ0n) is 9.34. The molecule has 5 nitrogen and oxygen atoms in total. The quantitative estimate of drug-likeness (QED) is 0.619. The molecule has 0 aromatic carbocycles. The largest absolute Gasteiger partial charge is 0.323 e. The number of carbonyl (C=O) groups is 2. The number of hydrogen-bond acceptors (Lipinski definition) is 3. The fraction of sp³-hybridized carbons (Fsp3) is 0.800. The first-order valence-corrected chi connectivity index (χ1v) is 5.53. The average Bonchev–Trinajstić information content (AvgIpc) is 2.56. The van der Waals surface area contributed by atoms with E-state index in [1.54, 1.807) is 0 Å². The van der Waals surface area contributed by atoms with E-state index in [-0.39, 0.29) is 30.3 Å². The van der Waals surface area contributed by atoms with Gasteiger partial charge in [-0.05, 0) is 38.3 Å². The Bertz CT molecular complexity index is 292. The Hall–Kier alpha value is -0.810. The van der Waals surface area contributed by atoms with Gasteiger partial charge in [-0.15, -0.1) is 12.4 Å². The summed E-state index contributed by atoms with van der Waals surface area (Å²) in [5, 5.41) is 8.42. The minimum atomic E-state index is -0.654. The SMILES string of the molecule is CCC1(C2CCNCC2)NC(=O)NC1=O.Cl. The molecule has 1 atom stereocenters. The molecule has 0 radical (unpaired) electrons. The van der Waals surface area contributed by atoms with Crippen molar-refractivity contribution in [2.75, 3.05) is 13.1 Å². The van der Waals surface area contributed by atoms with Crippen molar-refractivity contribution in [3.63, 3.8) is 0 Å². The number of nitrogens with one attached hydrogen (secondary N) is 3. The van der Waals surface area contributed by atoms with Crippen LogP contribution in [-0.4, -0.2) is 30.6 Å². The Balaban J connectivity index is 0.00000128. The lowest BCUT2D eigenvalue weighted by Crippen LogP contribution is -2.55. The van der Waals surface area contributed by atoms with Gasteiger partial charge in [0.15, 0.2) is 0 Å². The second kappa shape index (κ2) is 5.01. The molecule has 2 saturated heterocycles. The Kier molecular flexibility index (Phi) is 4.15. The normalized spacial score (nSPS) is 30.6. The molecule has 0 saturated carbocycles. The molecule has 1 unspecified atom stereocenters. The molecule has 92 valence electrons. The molecule has 2 heterocycles. The van der Waals surface area contributed by atoms with Crippen molar-refractivity contribution in [3.8, 4) is 0 Å². The van der Waals surface area contributed by atoms with Crippen LogP contribution in [0.15, 0.2) is 0 Å². The highest BCUT2D eigenvalue weighted by atomic mass is 35.5. The summed E-state index contributed by atoms with van der Waals surface area (Å²) in [6.07, 6.45) is 2.55. The Labute approximate surface area is 101 Å². The van der Waals surface area contributed by atoms with Gasteiger partial charge >= 0.3 is 6.03 Å². The fourth-order valence-electron chi connectivity index (χ4n) is 2.65. The molecule has 2 aliphatic rings. The smallest absolute Gasteiger partial charge is 0.322 e. The summed E-state index contributed by atoms with van der Waals surface area (Å²) in [6, 6.07) is -0.347. The van der Waals surface area contributed by atoms with Gasteiger partial charge in [-0.25, -0.2) is 4.79 Å². The van der Waals surface area contributed by atoms with E-state index in [4.69, 9.17) is 0 Å². The molecule has 3 amide bonds. The van der Waals surface area contributed by atoms with Crippen LogP contribution in [0.1, 0.15) is 26.2 Å². The van der Waals surface area contributed by atoms with Crippen molar-refractivity contribution >= 4 is 24.3 Å². The molecule has 6 heteroatoms. The number of imide groups is 1. The molecule has 0 aliphatic carbocycles. The van der Waals surface area contributed by atoms with Gasteiger partial charge in [0.2, 0.25) is 0 Å². The van der Waals surface area contributed by atoms with Crippen LogP contribution < -0.4 is 16.0 Å². The minimum absolute atomic E-state index is 0. The van der Waals surface area contributed by atoms with E-state index in [1.165, 1.54) is 0 Å². The molecular formula is C10H18ClN3O2. The van der Waals surface area contributed by atoms with E-state index < -0.39 is 5.54 Å². The van der Waals surface area contributed by atoms with Gasteiger partial charge in [-0.1, -0.05) is 6.92 Å². The third kappa shape index (κ3) is 2.01. The van der Waals surface area contributed by atoms with E-state index in [1.807, 2.05) is 6.92 Å². The van der Waals surface area contributed by atoms with E-state index in [9.17, 15) is 9.59 Å². The summed E-state index contributed by atoms with van der Waals surface area (Å²) in [6.45, 7) is 3.80.